The van der Waals surface area contributed by atoms with Crippen molar-refractivity contribution in [3.05, 3.63) is 35.3 Å². The molecule has 11 nitrogen and oxygen atoms in total. The number of hydrogen-bond donors (Lipinski definition) is 2. The molecule has 2 amide bonds. The summed E-state index contributed by atoms with van der Waals surface area (Å²) >= 11 is 1.25. The van der Waals surface area contributed by atoms with Crippen LogP contribution in [0.1, 0.15) is 43.1 Å². The predicted octanol–water partition coefficient (Wildman–Crippen LogP) is 2.61. The molecule has 1 saturated heterocycles. The highest BCUT2D eigenvalue weighted by Crippen LogP contribution is 2.31. The Labute approximate surface area is 219 Å². The van der Waals surface area contributed by atoms with Gasteiger partial charge in [0, 0.05) is 38.0 Å². The van der Waals surface area contributed by atoms with Crippen molar-refractivity contribution >= 4 is 35.3 Å². The fourth-order valence-corrected chi connectivity index (χ4v) is 4.37. The van der Waals surface area contributed by atoms with Gasteiger partial charge in [-0.2, -0.15) is 0 Å². The highest BCUT2D eigenvalue weighted by molar-refractivity contribution is 7.13. The number of para-hydroxylation sites is 1. The normalized spacial score (nSPS) is 13.9. The van der Waals surface area contributed by atoms with Gasteiger partial charge in [-0.05, 0) is 25.0 Å². The van der Waals surface area contributed by atoms with Crippen LogP contribution in [-0.2, 0) is 19.1 Å². The van der Waals surface area contributed by atoms with Gasteiger partial charge in [0.25, 0.3) is 5.91 Å². The smallest absolute Gasteiger partial charge is 0.417 e. The lowest BCUT2D eigenvalue weighted by molar-refractivity contribution is -0.144. The van der Waals surface area contributed by atoms with E-state index in [-0.39, 0.29) is 25.1 Å². The van der Waals surface area contributed by atoms with E-state index in [2.05, 4.69) is 15.6 Å². The van der Waals surface area contributed by atoms with Crippen molar-refractivity contribution in [2.45, 2.75) is 38.6 Å². The van der Waals surface area contributed by atoms with Crippen molar-refractivity contribution in [3.63, 3.8) is 0 Å². The lowest BCUT2D eigenvalue weighted by atomic mass is 10.1. The van der Waals surface area contributed by atoms with E-state index in [1.165, 1.54) is 16.2 Å². The Kier molecular flexibility index (Phi) is 10.8. The molecule has 1 aliphatic heterocycles. The second-order valence-corrected chi connectivity index (χ2v) is 9.16. The number of esters is 2. The molecule has 0 bridgehead atoms. The minimum absolute atomic E-state index is 0.0858. The third-order valence-electron chi connectivity index (χ3n) is 5.63. The van der Waals surface area contributed by atoms with Gasteiger partial charge in [0.15, 0.2) is 0 Å². The lowest BCUT2D eigenvalue weighted by Crippen LogP contribution is -2.49. The average Bonchev–Trinajstić information content (AvgIpc) is 3.42. The van der Waals surface area contributed by atoms with Crippen LogP contribution >= 0.6 is 11.3 Å². The van der Waals surface area contributed by atoms with E-state index in [0.29, 0.717) is 36.9 Å². The van der Waals surface area contributed by atoms with E-state index in [1.54, 1.807) is 18.6 Å². The van der Waals surface area contributed by atoms with E-state index in [0.717, 1.165) is 18.4 Å². The summed E-state index contributed by atoms with van der Waals surface area (Å²) < 4.78 is 15.6. The quantitative estimate of drug-likeness (QED) is 0.254. The standard InChI is InChI=1S/C25H32N4O7S/c1-3-4-15-35-21(30)10-9-18(24(32)36-25(33)29-13-11-26-12-14-29)27-22(31)19-16-37-23(28-19)17-7-5-6-8-20(17)34-2/h5-8,16,18,26H,3-4,9-15H2,1-2H3,(H,27,31). The summed E-state index contributed by atoms with van der Waals surface area (Å²) in [4.78, 5) is 56.2. The highest BCUT2D eigenvalue weighted by atomic mass is 32.1. The van der Waals surface area contributed by atoms with Crippen molar-refractivity contribution in [1.82, 2.24) is 20.5 Å². The zero-order valence-electron chi connectivity index (χ0n) is 21.0. The van der Waals surface area contributed by atoms with Crippen LogP contribution < -0.4 is 15.4 Å². The Bertz CT molecular complexity index is 1080. The number of piperazine rings is 1. The molecule has 1 unspecified atom stereocenters. The number of aromatic nitrogens is 1. The van der Waals surface area contributed by atoms with Crippen molar-refractivity contribution in [3.8, 4) is 16.3 Å². The molecule has 1 aliphatic rings. The van der Waals surface area contributed by atoms with E-state index in [1.807, 2.05) is 25.1 Å². The van der Waals surface area contributed by atoms with Gasteiger partial charge in [-0.3, -0.25) is 9.59 Å². The van der Waals surface area contributed by atoms with Gasteiger partial charge in [-0.25, -0.2) is 14.6 Å². The van der Waals surface area contributed by atoms with Crippen LogP contribution in [-0.4, -0.2) is 79.8 Å². The molecule has 37 heavy (non-hydrogen) atoms. The third-order valence-corrected chi connectivity index (χ3v) is 6.50. The summed E-state index contributed by atoms with van der Waals surface area (Å²) in [6.07, 6.45) is 0.592. The molecule has 0 spiro atoms. The zero-order valence-corrected chi connectivity index (χ0v) is 21.8. The number of ether oxygens (including phenoxy) is 3. The highest BCUT2D eigenvalue weighted by Gasteiger charge is 2.29. The van der Waals surface area contributed by atoms with Crippen molar-refractivity contribution < 1.29 is 33.4 Å². The number of amides is 2. The summed E-state index contributed by atoms with van der Waals surface area (Å²) in [5.74, 6) is -1.47. The number of nitrogens with one attached hydrogen (secondary N) is 2. The molecule has 1 atom stereocenters. The average molecular weight is 533 g/mol. The molecular formula is C25H32N4O7S. The minimum atomic E-state index is -1.24. The van der Waals surface area contributed by atoms with Gasteiger partial charge in [-0.1, -0.05) is 25.5 Å². The van der Waals surface area contributed by atoms with Crippen molar-refractivity contribution in [2.24, 2.45) is 0 Å². The SMILES string of the molecule is CCCCOC(=O)CCC(NC(=O)c1csc(-c2ccccc2OC)n1)C(=O)OC(=O)N1CCNCC1. The van der Waals surface area contributed by atoms with Crippen LogP contribution in [0.4, 0.5) is 4.79 Å². The molecule has 3 rings (SSSR count). The number of rotatable bonds is 11. The van der Waals surface area contributed by atoms with Gasteiger partial charge in [0.1, 0.15) is 22.5 Å². The van der Waals surface area contributed by atoms with Crippen molar-refractivity contribution in [1.29, 1.82) is 0 Å². The number of hydrogen-bond acceptors (Lipinski definition) is 10. The fraction of sp³-hybridized carbons (Fsp3) is 0.480. The lowest BCUT2D eigenvalue weighted by Gasteiger charge is -2.26. The van der Waals surface area contributed by atoms with Crippen LogP contribution in [0.5, 0.6) is 5.75 Å². The number of thiazole rings is 1. The summed E-state index contributed by atoms with van der Waals surface area (Å²) in [7, 11) is 1.55. The van der Waals surface area contributed by atoms with Crippen LogP contribution in [0.25, 0.3) is 10.6 Å². The van der Waals surface area contributed by atoms with Gasteiger partial charge in [0.05, 0.1) is 19.3 Å². The molecule has 2 aromatic rings. The molecule has 0 radical (unpaired) electrons. The van der Waals surface area contributed by atoms with Crippen LogP contribution in [0, 0.1) is 0 Å². The zero-order chi connectivity index (χ0) is 26.6. The second-order valence-electron chi connectivity index (χ2n) is 8.30. The summed E-state index contributed by atoms with van der Waals surface area (Å²) in [5, 5.41) is 7.80. The first-order valence-electron chi connectivity index (χ1n) is 12.2. The molecule has 2 N–H and O–H groups in total. The predicted molar refractivity (Wildman–Crippen MR) is 136 cm³/mol. The molecule has 200 valence electrons. The first-order chi connectivity index (χ1) is 17.9. The Hall–Kier alpha value is -3.51. The third kappa shape index (κ3) is 8.25. The number of benzene rings is 1. The molecule has 1 aromatic carbocycles. The molecule has 1 aromatic heterocycles. The summed E-state index contributed by atoms with van der Waals surface area (Å²) in [6.45, 7) is 4.23. The Balaban J connectivity index is 1.68. The Morgan fingerprint density at radius 1 is 1.19 bits per heavy atom. The van der Waals surface area contributed by atoms with Gasteiger partial charge >= 0.3 is 18.0 Å². The summed E-state index contributed by atoms with van der Waals surface area (Å²) in [5.41, 5.74) is 0.809. The minimum Gasteiger partial charge on any atom is -0.496 e. The van der Waals surface area contributed by atoms with E-state index in [4.69, 9.17) is 14.2 Å². The Morgan fingerprint density at radius 2 is 1.95 bits per heavy atom. The van der Waals surface area contributed by atoms with E-state index >= 15 is 0 Å². The van der Waals surface area contributed by atoms with Gasteiger partial charge in [-0.15, -0.1) is 11.3 Å². The van der Waals surface area contributed by atoms with E-state index in [9.17, 15) is 19.2 Å². The molecule has 1 fully saturated rings. The fourth-order valence-electron chi connectivity index (χ4n) is 3.54. The van der Waals surface area contributed by atoms with Gasteiger partial charge in [0.2, 0.25) is 0 Å². The second kappa shape index (κ2) is 14.3. The number of carbonyl (C=O) groups excluding carboxylic acids is 4. The first-order valence-corrected chi connectivity index (χ1v) is 13.1. The van der Waals surface area contributed by atoms with Gasteiger partial charge < -0.3 is 29.7 Å². The maximum absolute atomic E-state index is 13.0. The van der Waals surface area contributed by atoms with Crippen LogP contribution in [0.2, 0.25) is 0 Å². The molecule has 12 heteroatoms. The molecule has 0 saturated carbocycles. The van der Waals surface area contributed by atoms with Crippen molar-refractivity contribution in [2.75, 3.05) is 39.9 Å². The monoisotopic (exact) mass is 532 g/mol. The first kappa shape index (κ1) is 28.1. The maximum Gasteiger partial charge on any atom is 0.417 e. The summed E-state index contributed by atoms with van der Waals surface area (Å²) in [6, 6.07) is 6.03. The molecule has 0 aliphatic carbocycles. The Morgan fingerprint density at radius 3 is 2.68 bits per heavy atom. The van der Waals surface area contributed by atoms with E-state index < -0.39 is 30.0 Å². The molecular weight excluding hydrogens is 500 g/mol. The largest absolute Gasteiger partial charge is 0.496 e. The number of methoxy groups -OCH3 is 1. The maximum atomic E-state index is 13.0. The number of nitrogens with zero attached hydrogens (tertiary/aromatic N) is 2. The number of unbranched alkanes of at least 4 members (excludes halogenated alkanes) is 1. The van der Waals surface area contributed by atoms with Crippen LogP contribution in [0.15, 0.2) is 29.6 Å². The van der Waals surface area contributed by atoms with Crippen LogP contribution in [0.3, 0.4) is 0 Å². The molecule has 2 heterocycles. The topological polar surface area (TPSA) is 136 Å². The number of carbonyl (C=O) groups is 4.